The molecule has 3 nitrogen and oxygen atoms in total. The molecule has 0 heterocycles. The van der Waals surface area contributed by atoms with Gasteiger partial charge in [-0.05, 0) is 46.4 Å². The average Bonchev–Trinajstić information content (AvgIpc) is 2.46. The van der Waals surface area contributed by atoms with Gasteiger partial charge < -0.3 is 9.47 Å². The monoisotopic (exact) mass is 382 g/mol. The molecule has 0 aliphatic carbocycles. The van der Waals surface area contributed by atoms with Gasteiger partial charge in [-0.25, -0.2) is 0 Å². The van der Waals surface area contributed by atoms with Gasteiger partial charge in [0.15, 0.2) is 0 Å². The van der Waals surface area contributed by atoms with Gasteiger partial charge in [0.2, 0.25) is 0 Å². The molecule has 2 aromatic rings. The zero-order chi connectivity index (χ0) is 14.4. The lowest BCUT2D eigenvalue weighted by molar-refractivity contribution is -0.142. The van der Waals surface area contributed by atoms with Gasteiger partial charge in [-0.3, -0.25) is 4.79 Å². The Morgan fingerprint density at radius 3 is 2.55 bits per heavy atom. The summed E-state index contributed by atoms with van der Waals surface area (Å²) < 4.78 is 11.8. The lowest BCUT2D eigenvalue weighted by Crippen LogP contribution is -2.01. The topological polar surface area (TPSA) is 35.5 Å². The lowest BCUT2D eigenvalue weighted by Gasteiger charge is -2.10. The number of carbonyl (C=O) groups is 1. The molecule has 4 heteroatoms. The van der Waals surface area contributed by atoms with E-state index in [0.29, 0.717) is 6.61 Å². The Bertz CT molecular complexity index is 582. The molecular weight excluding hydrogens is 367 g/mol. The number of esters is 1. The minimum absolute atomic E-state index is 0.274. The van der Waals surface area contributed by atoms with Crippen molar-refractivity contribution >= 4 is 28.6 Å². The Morgan fingerprint density at radius 1 is 1.10 bits per heavy atom. The minimum Gasteiger partial charge on any atom is -0.489 e. The van der Waals surface area contributed by atoms with Crippen LogP contribution in [0.3, 0.4) is 0 Å². The van der Waals surface area contributed by atoms with Crippen molar-refractivity contribution in [2.45, 2.75) is 20.1 Å². The highest BCUT2D eigenvalue weighted by molar-refractivity contribution is 14.1. The summed E-state index contributed by atoms with van der Waals surface area (Å²) in [4.78, 5) is 10.9. The van der Waals surface area contributed by atoms with E-state index < -0.39 is 0 Å². The van der Waals surface area contributed by atoms with Gasteiger partial charge in [0.25, 0.3) is 0 Å². The van der Waals surface area contributed by atoms with E-state index >= 15 is 0 Å². The molecule has 2 rings (SSSR count). The summed E-state index contributed by atoms with van der Waals surface area (Å²) in [5.41, 5.74) is 2.07. The first kappa shape index (κ1) is 14.8. The Balaban J connectivity index is 2.01. The van der Waals surface area contributed by atoms with Crippen LogP contribution in [0.4, 0.5) is 0 Å². The summed E-state index contributed by atoms with van der Waals surface area (Å²) in [6.45, 7) is 2.20. The van der Waals surface area contributed by atoms with E-state index in [1.54, 1.807) is 0 Å². The normalized spacial score (nSPS) is 10.1. The maximum absolute atomic E-state index is 10.9. The molecule has 2 aromatic carbocycles. The zero-order valence-electron chi connectivity index (χ0n) is 11.1. The maximum atomic E-state index is 10.9. The van der Waals surface area contributed by atoms with Gasteiger partial charge in [-0.2, -0.15) is 0 Å². The lowest BCUT2D eigenvalue weighted by atomic mass is 10.2. The van der Waals surface area contributed by atoms with Crippen LogP contribution >= 0.6 is 22.6 Å². The van der Waals surface area contributed by atoms with Crippen molar-refractivity contribution in [2.24, 2.45) is 0 Å². The molecule has 0 unspecified atom stereocenters. The van der Waals surface area contributed by atoms with Crippen LogP contribution < -0.4 is 4.74 Å². The number of carbonyl (C=O) groups excluding carboxylic acids is 1. The molecule has 0 radical (unpaired) electrons. The summed E-state index contributed by atoms with van der Waals surface area (Å²) in [6, 6.07) is 15.8. The number of ether oxygens (including phenoxy) is 2. The van der Waals surface area contributed by atoms with Crippen molar-refractivity contribution in [3.8, 4) is 5.75 Å². The summed E-state index contributed by atoms with van der Waals surface area (Å²) in [5, 5.41) is 0. The standard InChI is InChI=1S/C16H15IO3/c1-12(18)19-11-14-9-15(7-8-16(14)17)20-10-13-5-3-2-4-6-13/h2-9H,10-11H2,1H3. The van der Waals surface area contributed by atoms with Crippen molar-refractivity contribution in [2.75, 3.05) is 0 Å². The van der Waals surface area contributed by atoms with Crippen LogP contribution in [0.1, 0.15) is 18.1 Å². The molecule has 0 fully saturated rings. The summed E-state index contributed by atoms with van der Waals surface area (Å²) in [5.74, 6) is 0.493. The number of rotatable bonds is 5. The third-order valence-corrected chi connectivity index (χ3v) is 3.75. The van der Waals surface area contributed by atoms with Gasteiger partial charge >= 0.3 is 5.97 Å². The highest BCUT2D eigenvalue weighted by atomic mass is 127. The highest BCUT2D eigenvalue weighted by Crippen LogP contribution is 2.21. The van der Waals surface area contributed by atoms with E-state index in [2.05, 4.69) is 22.6 Å². The van der Waals surface area contributed by atoms with Crippen LogP contribution in [0.15, 0.2) is 48.5 Å². The van der Waals surface area contributed by atoms with Crippen molar-refractivity contribution in [3.05, 3.63) is 63.2 Å². The van der Waals surface area contributed by atoms with Crippen molar-refractivity contribution < 1.29 is 14.3 Å². The van der Waals surface area contributed by atoms with E-state index in [-0.39, 0.29) is 12.6 Å². The van der Waals surface area contributed by atoms with Crippen LogP contribution in [0.25, 0.3) is 0 Å². The summed E-state index contributed by atoms with van der Waals surface area (Å²) in [7, 11) is 0. The zero-order valence-corrected chi connectivity index (χ0v) is 13.3. The largest absolute Gasteiger partial charge is 0.489 e. The molecule has 20 heavy (non-hydrogen) atoms. The van der Waals surface area contributed by atoms with Gasteiger partial charge in [0.05, 0.1) is 0 Å². The van der Waals surface area contributed by atoms with Crippen LogP contribution in [0.2, 0.25) is 0 Å². The molecule has 0 atom stereocenters. The van der Waals surface area contributed by atoms with E-state index in [4.69, 9.17) is 9.47 Å². The number of hydrogen-bond acceptors (Lipinski definition) is 3. The molecule has 0 saturated heterocycles. The van der Waals surface area contributed by atoms with Crippen molar-refractivity contribution in [1.82, 2.24) is 0 Å². The molecule has 0 aromatic heterocycles. The molecular formula is C16H15IO3. The van der Waals surface area contributed by atoms with Crippen molar-refractivity contribution in [1.29, 1.82) is 0 Å². The van der Waals surface area contributed by atoms with Gasteiger partial charge in [-0.1, -0.05) is 30.3 Å². The average molecular weight is 382 g/mol. The molecule has 0 bridgehead atoms. The van der Waals surface area contributed by atoms with Crippen molar-refractivity contribution in [3.63, 3.8) is 0 Å². The van der Waals surface area contributed by atoms with Gasteiger partial charge in [0, 0.05) is 16.1 Å². The van der Waals surface area contributed by atoms with E-state index in [1.807, 2.05) is 48.5 Å². The second-order valence-corrected chi connectivity index (χ2v) is 5.47. The van der Waals surface area contributed by atoms with E-state index in [1.165, 1.54) is 6.92 Å². The summed E-state index contributed by atoms with van der Waals surface area (Å²) in [6.07, 6.45) is 0. The fourth-order valence-corrected chi connectivity index (χ4v) is 2.16. The molecule has 0 aliphatic rings. The molecule has 0 amide bonds. The fourth-order valence-electron chi connectivity index (χ4n) is 1.67. The molecule has 0 aliphatic heterocycles. The SMILES string of the molecule is CC(=O)OCc1cc(OCc2ccccc2)ccc1I. The van der Waals surface area contributed by atoms with E-state index in [9.17, 15) is 4.79 Å². The second kappa shape index (κ2) is 7.28. The first-order valence-corrected chi connectivity index (χ1v) is 7.31. The van der Waals surface area contributed by atoms with E-state index in [0.717, 1.165) is 20.4 Å². The molecule has 0 spiro atoms. The van der Waals surface area contributed by atoms with Crippen LogP contribution in [0.5, 0.6) is 5.75 Å². The Kier molecular flexibility index (Phi) is 5.40. The van der Waals surface area contributed by atoms with Gasteiger partial charge in [-0.15, -0.1) is 0 Å². The van der Waals surface area contributed by atoms with Gasteiger partial charge in [0.1, 0.15) is 19.0 Å². The Hall–Kier alpha value is -1.56. The quantitative estimate of drug-likeness (QED) is 0.581. The number of benzene rings is 2. The van der Waals surface area contributed by atoms with Crippen LogP contribution in [-0.4, -0.2) is 5.97 Å². The smallest absolute Gasteiger partial charge is 0.302 e. The fraction of sp³-hybridized carbons (Fsp3) is 0.188. The second-order valence-electron chi connectivity index (χ2n) is 4.31. The first-order chi connectivity index (χ1) is 9.65. The molecule has 104 valence electrons. The van der Waals surface area contributed by atoms with Crippen LogP contribution in [-0.2, 0) is 22.7 Å². The minimum atomic E-state index is -0.281. The number of halogens is 1. The predicted octanol–water partition coefficient (Wildman–Crippen LogP) is 3.93. The van der Waals surface area contributed by atoms with Crippen LogP contribution in [0, 0.1) is 3.57 Å². The highest BCUT2D eigenvalue weighted by Gasteiger charge is 2.05. The molecule has 0 N–H and O–H groups in total. The summed E-state index contributed by atoms with van der Waals surface area (Å²) >= 11 is 2.22. The maximum Gasteiger partial charge on any atom is 0.302 e. The Morgan fingerprint density at radius 2 is 1.85 bits per heavy atom. The predicted molar refractivity (Wildman–Crippen MR) is 85.4 cm³/mol. The first-order valence-electron chi connectivity index (χ1n) is 6.23. The third-order valence-electron chi connectivity index (χ3n) is 2.70. The number of hydrogen-bond donors (Lipinski definition) is 0. The Labute approximate surface area is 132 Å². The molecule has 0 saturated carbocycles. The third kappa shape index (κ3) is 4.52.